The standard InChI is InChI=1S/C17H24N4O3/c1-12-11-21(8-3-9-24-12)17(22)18-7-6-16-19-14-5-4-13(23-2)10-15(14)20-16/h4-5,10,12H,3,6-9,11H2,1-2H3,(H,18,22)(H,19,20)/t12-/m0/s1. The monoisotopic (exact) mass is 332 g/mol. The first-order valence-electron chi connectivity index (χ1n) is 8.32. The zero-order valence-corrected chi connectivity index (χ0v) is 14.2. The van der Waals surface area contributed by atoms with Gasteiger partial charge in [-0.05, 0) is 25.5 Å². The average Bonchev–Trinajstić information content (AvgIpc) is 2.85. The molecule has 7 nitrogen and oxygen atoms in total. The van der Waals surface area contributed by atoms with Crippen LogP contribution in [-0.2, 0) is 11.2 Å². The van der Waals surface area contributed by atoms with Crippen LogP contribution in [0.25, 0.3) is 11.0 Å². The number of H-pyrrole nitrogens is 1. The molecule has 0 unspecified atom stereocenters. The van der Waals surface area contributed by atoms with E-state index in [4.69, 9.17) is 9.47 Å². The number of hydrogen-bond acceptors (Lipinski definition) is 4. The van der Waals surface area contributed by atoms with Crippen molar-refractivity contribution in [2.45, 2.75) is 25.9 Å². The smallest absolute Gasteiger partial charge is 0.317 e. The number of fused-ring (bicyclic) bond motifs is 1. The average molecular weight is 332 g/mol. The molecule has 2 aromatic rings. The number of amides is 2. The summed E-state index contributed by atoms with van der Waals surface area (Å²) in [5.74, 6) is 1.65. The van der Waals surface area contributed by atoms with Crippen molar-refractivity contribution in [1.29, 1.82) is 0 Å². The molecule has 24 heavy (non-hydrogen) atoms. The molecule has 2 amide bonds. The summed E-state index contributed by atoms with van der Waals surface area (Å²) in [7, 11) is 1.64. The number of hydrogen-bond donors (Lipinski definition) is 2. The van der Waals surface area contributed by atoms with Gasteiger partial charge in [-0.2, -0.15) is 0 Å². The number of aromatic nitrogens is 2. The van der Waals surface area contributed by atoms with E-state index >= 15 is 0 Å². The van der Waals surface area contributed by atoms with Gasteiger partial charge in [0.15, 0.2) is 0 Å². The van der Waals surface area contributed by atoms with Gasteiger partial charge in [-0.15, -0.1) is 0 Å². The predicted molar refractivity (Wildman–Crippen MR) is 91.4 cm³/mol. The van der Waals surface area contributed by atoms with Crippen LogP contribution in [0.5, 0.6) is 5.75 Å². The Hall–Kier alpha value is -2.28. The van der Waals surface area contributed by atoms with Crippen LogP contribution in [0.4, 0.5) is 4.79 Å². The summed E-state index contributed by atoms with van der Waals surface area (Å²) in [6, 6.07) is 5.69. The van der Waals surface area contributed by atoms with Gasteiger partial charge in [0.05, 0.1) is 24.2 Å². The Morgan fingerprint density at radius 2 is 2.42 bits per heavy atom. The summed E-state index contributed by atoms with van der Waals surface area (Å²) in [6.45, 7) is 4.63. The summed E-state index contributed by atoms with van der Waals surface area (Å²) in [6.07, 6.45) is 1.62. The van der Waals surface area contributed by atoms with Crippen molar-refractivity contribution in [3.05, 3.63) is 24.0 Å². The van der Waals surface area contributed by atoms with Crippen molar-refractivity contribution in [2.75, 3.05) is 33.4 Å². The number of nitrogens with one attached hydrogen (secondary N) is 2. The number of benzene rings is 1. The number of rotatable bonds is 4. The zero-order valence-electron chi connectivity index (χ0n) is 14.2. The fourth-order valence-corrected chi connectivity index (χ4v) is 2.87. The molecule has 0 saturated carbocycles. The molecule has 2 heterocycles. The minimum Gasteiger partial charge on any atom is -0.497 e. The number of ether oxygens (including phenoxy) is 2. The van der Waals surface area contributed by atoms with Gasteiger partial charge in [0.25, 0.3) is 0 Å². The van der Waals surface area contributed by atoms with Crippen LogP contribution in [0, 0.1) is 0 Å². The Morgan fingerprint density at radius 1 is 1.54 bits per heavy atom. The second kappa shape index (κ2) is 7.53. The number of carbonyl (C=O) groups excluding carboxylic acids is 1. The van der Waals surface area contributed by atoms with E-state index in [0.29, 0.717) is 26.1 Å². The van der Waals surface area contributed by atoms with Crippen molar-refractivity contribution < 1.29 is 14.3 Å². The molecule has 7 heteroatoms. The van der Waals surface area contributed by atoms with E-state index in [1.165, 1.54) is 0 Å². The first kappa shape index (κ1) is 16.6. The quantitative estimate of drug-likeness (QED) is 0.897. The van der Waals surface area contributed by atoms with E-state index in [2.05, 4.69) is 15.3 Å². The van der Waals surface area contributed by atoms with Crippen LogP contribution in [0.3, 0.4) is 0 Å². The number of imidazole rings is 1. The molecule has 1 aromatic heterocycles. The second-order valence-electron chi connectivity index (χ2n) is 6.03. The lowest BCUT2D eigenvalue weighted by Gasteiger charge is -2.22. The molecule has 1 aromatic carbocycles. The number of carbonyl (C=O) groups is 1. The summed E-state index contributed by atoms with van der Waals surface area (Å²) < 4.78 is 10.8. The Labute approximate surface area is 141 Å². The Kier molecular flexibility index (Phi) is 5.20. The van der Waals surface area contributed by atoms with Gasteiger partial charge in [0, 0.05) is 38.7 Å². The molecule has 1 atom stereocenters. The maximum atomic E-state index is 12.3. The van der Waals surface area contributed by atoms with E-state index in [1.807, 2.05) is 30.0 Å². The topological polar surface area (TPSA) is 79.5 Å². The first-order valence-corrected chi connectivity index (χ1v) is 8.32. The van der Waals surface area contributed by atoms with Gasteiger partial charge < -0.3 is 24.7 Å². The molecule has 0 radical (unpaired) electrons. The number of methoxy groups -OCH3 is 1. The van der Waals surface area contributed by atoms with Crippen LogP contribution < -0.4 is 10.1 Å². The molecule has 0 aliphatic carbocycles. The Balaban J connectivity index is 1.53. The van der Waals surface area contributed by atoms with Gasteiger partial charge in [-0.3, -0.25) is 0 Å². The Bertz CT molecular complexity index is 700. The van der Waals surface area contributed by atoms with Crippen molar-refractivity contribution in [3.63, 3.8) is 0 Å². The van der Waals surface area contributed by atoms with Gasteiger partial charge in [0.1, 0.15) is 11.6 Å². The van der Waals surface area contributed by atoms with E-state index in [-0.39, 0.29) is 12.1 Å². The summed E-state index contributed by atoms with van der Waals surface area (Å²) in [5.41, 5.74) is 1.84. The lowest BCUT2D eigenvalue weighted by Crippen LogP contribution is -2.43. The number of nitrogens with zero attached hydrogens (tertiary/aromatic N) is 2. The van der Waals surface area contributed by atoms with E-state index in [9.17, 15) is 4.79 Å². The fourth-order valence-electron chi connectivity index (χ4n) is 2.87. The van der Waals surface area contributed by atoms with Crippen molar-refractivity contribution in [2.24, 2.45) is 0 Å². The molecular weight excluding hydrogens is 308 g/mol. The highest BCUT2D eigenvalue weighted by Gasteiger charge is 2.19. The van der Waals surface area contributed by atoms with Gasteiger partial charge >= 0.3 is 6.03 Å². The molecule has 2 N–H and O–H groups in total. The van der Waals surface area contributed by atoms with E-state index < -0.39 is 0 Å². The van der Waals surface area contributed by atoms with Crippen LogP contribution in [0.2, 0.25) is 0 Å². The molecule has 1 aliphatic rings. The van der Waals surface area contributed by atoms with Crippen molar-refractivity contribution in [1.82, 2.24) is 20.2 Å². The third-order valence-electron chi connectivity index (χ3n) is 4.12. The predicted octanol–water partition coefficient (Wildman–Crippen LogP) is 1.93. The summed E-state index contributed by atoms with van der Waals surface area (Å²) in [5, 5.41) is 2.96. The van der Waals surface area contributed by atoms with Crippen LogP contribution in [-0.4, -0.2) is 60.4 Å². The summed E-state index contributed by atoms with van der Waals surface area (Å²) in [4.78, 5) is 21.9. The van der Waals surface area contributed by atoms with Gasteiger partial charge in [-0.25, -0.2) is 9.78 Å². The van der Waals surface area contributed by atoms with Crippen molar-refractivity contribution >= 4 is 17.1 Å². The van der Waals surface area contributed by atoms with Gasteiger partial charge in [-0.1, -0.05) is 0 Å². The highest BCUT2D eigenvalue weighted by molar-refractivity contribution is 5.77. The molecule has 1 aliphatic heterocycles. The molecule has 3 rings (SSSR count). The molecule has 1 saturated heterocycles. The highest BCUT2D eigenvalue weighted by atomic mass is 16.5. The van der Waals surface area contributed by atoms with E-state index in [1.54, 1.807) is 7.11 Å². The van der Waals surface area contributed by atoms with Crippen LogP contribution >= 0.6 is 0 Å². The molecule has 1 fully saturated rings. The van der Waals surface area contributed by atoms with Crippen molar-refractivity contribution in [3.8, 4) is 5.75 Å². The third kappa shape index (κ3) is 3.97. The lowest BCUT2D eigenvalue weighted by molar-refractivity contribution is 0.0710. The molecule has 0 bridgehead atoms. The molecule has 0 spiro atoms. The molecular formula is C17H24N4O3. The SMILES string of the molecule is COc1ccc2nc(CCNC(=O)N3CCCO[C@@H](C)C3)[nH]c2c1. The normalized spacial score (nSPS) is 18.4. The first-order chi connectivity index (χ1) is 11.7. The third-order valence-corrected chi connectivity index (χ3v) is 4.12. The second-order valence-corrected chi connectivity index (χ2v) is 6.03. The zero-order chi connectivity index (χ0) is 16.9. The highest BCUT2D eigenvalue weighted by Crippen LogP contribution is 2.18. The maximum absolute atomic E-state index is 12.3. The Morgan fingerprint density at radius 3 is 3.25 bits per heavy atom. The summed E-state index contributed by atoms with van der Waals surface area (Å²) >= 11 is 0. The van der Waals surface area contributed by atoms with E-state index in [0.717, 1.165) is 35.6 Å². The molecule has 130 valence electrons. The lowest BCUT2D eigenvalue weighted by atomic mass is 10.3. The van der Waals surface area contributed by atoms with Crippen LogP contribution in [0.1, 0.15) is 19.2 Å². The number of urea groups is 1. The number of aromatic amines is 1. The largest absolute Gasteiger partial charge is 0.497 e. The van der Waals surface area contributed by atoms with Crippen LogP contribution in [0.15, 0.2) is 18.2 Å². The van der Waals surface area contributed by atoms with Gasteiger partial charge in [0.2, 0.25) is 0 Å². The minimum absolute atomic E-state index is 0.0369. The maximum Gasteiger partial charge on any atom is 0.317 e. The fraction of sp³-hybridized carbons (Fsp3) is 0.529. The minimum atomic E-state index is -0.0369.